The number of rotatable bonds is 4. The molecule has 2 aliphatic carbocycles. The summed E-state index contributed by atoms with van der Waals surface area (Å²) in [7, 11) is -0.600. The molecule has 0 radical (unpaired) electrons. The van der Waals surface area contributed by atoms with Crippen LogP contribution < -0.4 is 11.5 Å². The van der Waals surface area contributed by atoms with E-state index in [1.807, 2.05) is 0 Å². The second kappa shape index (κ2) is 7.07. The lowest BCUT2D eigenvalue weighted by Crippen LogP contribution is -2.36. The van der Waals surface area contributed by atoms with E-state index in [4.69, 9.17) is 11.5 Å². The summed E-state index contributed by atoms with van der Waals surface area (Å²) in [5, 5.41) is 0. The van der Waals surface area contributed by atoms with Crippen LogP contribution in [-0.2, 0) is 4.57 Å². The van der Waals surface area contributed by atoms with Crippen molar-refractivity contribution >= 4 is 8.46 Å². The third-order valence-electron chi connectivity index (χ3n) is 5.21. The third-order valence-corrected chi connectivity index (χ3v) is 5.95. The highest BCUT2D eigenvalue weighted by atomic mass is 31.1. The average molecular weight is 272 g/mol. The van der Waals surface area contributed by atoms with E-state index >= 15 is 0 Å². The zero-order valence-electron chi connectivity index (χ0n) is 11.4. The highest BCUT2D eigenvalue weighted by molar-refractivity contribution is 7.23. The Balaban J connectivity index is 1.92. The summed E-state index contributed by atoms with van der Waals surface area (Å²) in [6.45, 7) is 0. The average Bonchev–Trinajstić information content (AvgIpc) is 2.39. The van der Waals surface area contributed by atoms with E-state index in [9.17, 15) is 4.57 Å². The normalized spacial score (nSPS) is 40.1. The predicted octanol–water partition coefficient (Wildman–Crippen LogP) is 2.39. The molecule has 3 nitrogen and oxygen atoms in total. The Labute approximate surface area is 112 Å². The van der Waals surface area contributed by atoms with E-state index in [1.165, 1.54) is 51.4 Å². The van der Waals surface area contributed by atoms with Gasteiger partial charge in [0.2, 0.25) is 0 Å². The van der Waals surface area contributed by atoms with Crippen LogP contribution in [0.25, 0.3) is 0 Å². The maximum absolute atomic E-state index is 11.2. The zero-order chi connectivity index (χ0) is 13.0. The molecule has 0 amide bonds. The van der Waals surface area contributed by atoms with Crippen molar-refractivity contribution in [3.05, 3.63) is 0 Å². The summed E-state index contributed by atoms with van der Waals surface area (Å²) < 4.78 is 11.2. The van der Waals surface area contributed by atoms with Crippen molar-refractivity contribution in [1.29, 1.82) is 0 Å². The second-order valence-electron chi connectivity index (χ2n) is 6.42. The quantitative estimate of drug-likeness (QED) is 0.772. The van der Waals surface area contributed by atoms with Crippen LogP contribution in [0.4, 0.5) is 0 Å². The molecule has 1 atom stereocenters. The van der Waals surface area contributed by atoms with Gasteiger partial charge in [0.1, 0.15) is 0 Å². The molecular formula is C14H29N2OP. The van der Waals surface area contributed by atoms with Crippen molar-refractivity contribution in [2.75, 3.05) is 6.16 Å². The van der Waals surface area contributed by atoms with Gasteiger partial charge in [-0.2, -0.15) is 0 Å². The van der Waals surface area contributed by atoms with Crippen LogP contribution in [0.15, 0.2) is 0 Å². The molecular weight excluding hydrogens is 243 g/mol. The standard InChI is InChI=1S/C14H29N2OP/c15-12-5-1-10(2-6-12)14(9-18-17)11-3-7-13(16)8-4-11/h10-14H,1-9,15-16,18H2. The van der Waals surface area contributed by atoms with E-state index in [1.54, 1.807) is 0 Å². The fourth-order valence-electron chi connectivity index (χ4n) is 4.03. The minimum atomic E-state index is -0.600. The first-order valence-electron chi connectivity index (χ1n) is 7.65. The summed E-state index contributed by atoms with van der Waals surface area (Å²) in [6.07, 6.45) is 10.7. The third kappa shape index (κ3) is 3.82. The summed E-state index contributed by atoms with van der Waals surface area (Å²) in [4.78, 5) is 0. The Morgan fingerprint density at radius 3 is 1.56 bits per heavy atom. The Hall–Kier alpha value is 0.150. The topological polar surface area (TPSA) is 69.1 Å². The molecule has 4 heteroatoms. The number of hydrogen-bond acceptors (Lipinski definition) is 3. The van der Waals surface area contributed by atoms with E-state index in [0.717, 1.165) is 18.0 Å². The number of nitrogens with two attached hydrogens (primary N) is 2. The zero-order valence-corrected chi connectivity index (χ0v) is 12.5. The molecule has 106 valence electrons. The van der Waals surface area contributed by atoms with Gasteiger partial charge in [-0.1, -0.05) is 0 Å². The lowest BCUT2D eigenvalue weighted by Gasteiger charge is -2.39. The van der Waals surface area contributed by atoms with Gasteiger partial charge in [-0.05, 0) is 75.3 Å². The molecule has 0 aromatic rings. The molecule has 2 aliphatic rings. The Morgan fingerprint density at radius 1 is 0.833 bits per heavy atom. The first kappa shape index (κ1) is 14.6. The van der Waals surface area contributed by atoms with Crippen molar-refractivity contribution in [2.24, 2.45) is 29.2 Å². The molecule has 1 unspecified atom stereocenters. The highest BCUT2D eigenvalue weighted by Gasteiger charge is 2.33. The summed E-state index contributed by atoms with van der Waals surface area (Å²) in [6, 6.07) is 0.836. The van der Waals surface area contributed by atoms with Gasteiger partial charge in [0, 0.05) is 12.1 Å². The van der Waals surface area contributed by atoms with Crippen LogP contribution in [0.2, 0.25) is 0 Å². The summed E-state index contributed by atoms with van der Waals surface area (Å²) in [5.74, 6) is 2.26. The van der Waals surface area contributed by atoms with E-state index in [-0.39, 0.29) is 0 Å². The van der Waals surface area contributed by atoms with Gasteiger partial charge in [-0.3, -0.25) is 0 Å². The van der Waals surface area contributed by atoms with Gasteiger partial charge >= 0.3 is 0 Å². The molecule has 2 rings (SSSR count). The minimum absolute atomic E-state index is 0.418. The molecule has 0 aromatic heterocycles. The summed E-state index contributed by atoms with van der Waals surface area (Å²) in [5.41, 5.74) is 12.0. The fourth-order valence-corrected chi connectivity index (χ4v) is 5.02. The smallest absolute Gasteiger partial charge is 0.0648 e. The van der Waals surface area contributed by atoms with Crippen molar-refractivity contribution in [3.8, 4) is 0 Å². The second-order valence-corrected chi connectivity index (χ2v) is 7.22. The van der Waals surface area contributed by atoms with E-state index < -0.39 is 8.46 Å². The van der Waals surface area contributed by atoms with E-state index in [2.05, 4.69) is 0 Å². The molecule has 18 heavy (non-hydrogen) atoms. The van der Waals surface area contributed by atoms with Gasteiger partial charge in [0.25, 0.3) is 0 Å². The van der Waals surface area contributed by atoms with E-state index in [0.29, 0.717) is 18.0 Å². The molecule has 0 saturated heterocycles. The Morgan fingerprint density at radius 2 is 1.22 bits per heavy atom. The molecule has 0 heterocycles. The van der Waals surface area contributed by atoms with Crippen molar-refractivity contribution in [1.82, 2.24) is 0 Å². The summed E-state index contributed by atoms with van der Waals surface area (Å²) >= 11 is 0. The fraction of sp³-hybridized carbons (Fsp3) is 1.00. The highest BCUT2D eigenvalue weighted by Crippen LogP contribution is 2.40. The van der Waals surface area contributed by atoms with Crippen LogP contribution in [0, 0.1) is 17.8 Å². The SMILES string of the molecule is NC1CCC(C(C[PH2]=O)C2CCC(N)CC2)CC1. The predicted molar refractivity (Wildman–Crippen MR) is 78.6 cm³/mol. The molecule has 0 aromatic carbocycles. The van der Waals surface area contributed by atoms with Crippen LogP contribution >= 0.6 is 8.46 Å². The first-order valence-corrected chi connectivity index (χ1v) is 8.94. The van der Waals surface area contributed by atoms with Gasteiger partial charge in [0.05, 0.1) is 8.46 Å². The lowest BCUT2D eigenvalue weighted by atomic mass is 9.69. The Kier molecular flexibility index (Phi) is 5.72. The largest absolute Gasteiger partial charge is 0.330 e. The molecule has 2 fully saturated rings. The van der Waals surface area contributed by atoms with Crippen LogP contribution in [0.5, 0.6) is 0 Å². The molecule has 2 saturated carbocycles. The molecule has 0 spiro atoms. The van der Waals surface area contributed by atoms with Gasteiger partial charge in [0.15, 0.2) is 0 Å². The van der Waals surface area contributed by atoms with Gasteiger partial charge in [-0.15, -0.1) is 0 Å². The van der Waals surface area contributed by atoms with Crippen LogP contribution in [0.3, 0.4) is 0 Å². The monoisotopic (exact) mass is 272 g/mol. The van der Waals surface area contributed by atoms with Gasteiger partial charge in [-0.25, -0.2) is 0 Å². The molecule has 0 aliphatic heterocycles. The minimum Gasteiger partial charge on any atom is -0.330 e. The maximum Gasteiger partial charge on any atom is 0.0648 e. The molecule has 0 bridgehead atoms. The maximum atomic E-state index is 11.2. The van der Waals surface area contributed by atoms with Crippen molar-refractivity contribution in [3.63, 3.8) is 0 Å². The van der Waals surface area contributed by atoms with Crippen molar-refractivity contribution < 1.29 is 4.57 Å². The number of hydrogen-bond donors (Lipinski definition) is 2. The lowest BCUT2D eigenvalue weighted by molar-refractivity contribution is 0.150. The van der Waals surface area contributed by atoms with Gasteiger partial charge < -0.3 is 16.0 Å². The van der Waals surface area contributed by atoms with Crippen LogP contribution in [0.1, 0.15) is 51.4 Å². The Bertz CT molecular complexity index is 237. The molecule has 4 N–H and O–H groups in total. The van der Waals surface area contributed by atoms with Crippen LogP contribution in [-0.4, -0.2) is 18.2 Å². The first-order chi connectivity index (χ1) is 8.70. The van der Waals surface area contributed by atoms with Crippen molar-refractivity contribution in [2.45, 2.75) is 63.5 Å².